The molecule has 2 rings (SSSR count). The van der Waals surface area contributed by atoms with Gasteiger partial charge in [0.05, 0.1) is 4.92 Å². The van der Waals surface area contributed by atoms with Gasteiger partial charge in [0.15, 0.2) is 0 Å². The standard InChI is InChI=1S/C16H22ClN3O3/c1-11(2)16(21)19-7-5-13(6-8-19)18-10-12-9-14(20(22)23)3-4-15(12)17/h3-4,9,11,13,18H,5-8,10H2,1-2H3. The second kappa shape index (κ2) is 7.75. The fourth-order valence-corrected chi connectivity index (χ4v) is 2.92. The van der Waals surface area contributed by atoms with Crippen molar-refractivity contribution >= 4 is 23.2 Å². The van der Waals surface area contributed by atoms with Gasteiger partial charge in [0.1, 0.15) is 0 Å². The molecule has 1 heterocycles. The van der Waals surface area contributed by atoms with Gasteiger partial charge in [0.2, 0.25) is 5.91 Å². The molecule has 1 aliphatic rings. The van der Waals surface area contributed by atoms with E-state index >= 15 is 0 Å². The van der Waals surface area contributed by atoms with E-state index in [-0.39, 0.29) is 17.5 Å². The van der Waals surface area contributed by atoms with Gasteiger partial charge in [0, 0.05) is 48.7 Å². The van der Waals surface area contributed by atoms with Crippen molar-refractivity contribution in [3.63, 3.8) is 0 Å². The third kappa shape index (κ3) is 4.65. The smallest absolute Gasteiger partial charge is 0.269 e. The number of nitrogens with zero attached hydrogens (tertiary/aromatic N) is 2. The van der Waals surface area contributed by atoms with E-state index in [0.29, 0.717) is 17.6 Å². The Labute approximate surface area is 141 Å². The molecule has 23 heavy (non-hydrogen) atoms. The van der Waals surface area contributed by atoms with Crippen molar-refractivity contribution in [2.45, 2.75) is 39.3 Å². The molecule has 6 nitrogen and oxygen atoms in total. The van der Waals surface area contributed by atoms with Crippen molar-refractivity contribution < 1.29 is 9.72 Å². The molecule has 0 aromatic heterocycles. The third-order valence-corrected chi connectivity index (χ3v) is 4.49. The van der Waals surface area contributed by atoms with Crippen LogP contribution in [-0.4, -0.2) is 34.9 Å². The number of carbonyl (C=O) groups excluding carboxylic acids is 1. The summed E-state index contributed by atoms with van der Waals surface area (Å²) in [6.07, 6.45) is 1.76. The molecule has 1 amide bonds. The van der Waals surface area contributed by atoms with Gasteiger partial charge in [-0.25, -0.2) is 0 Å². The number of amides is 1. The highest BCUT2D eigenvalue weighted by Gasteiger charge is 2.24. The molecule has 0 bridgehead atoms. The van der Waals surface area contributed by atoms with Crippen LogP contribution in [0.25, 0.3) is 0 Å². The van der Waals surface area contributed by atoms with E-state index in [1.54, 1.807) is 6.07 Å². The molecule has 7 heteroatoms. The zero-order valence-corrected chi connectivity index (χ0v) is 14.2. The van der Waals surface area contributed by atoms with Crippen LogP contribution in [0.2, 0.25) is 5.02 Å². The zero-order valence-electron chi connectivity index (χ0n) is 13.4. The van der Waals surface area contributed by atoms with E-state index in [1.165, 1.54) is 12.1 Å². The lowest BCUT2D eigenvalue weighted by Gasteiger charge is -2.33. The zero-order chi connectivity index (χ0) is 17.0. The van der Waals surface area contributed by atoms with Crippen LogP contribution in [0.4, 0.5) is 5.69 Å². The van der Waals surface area contributed by atoms with Crippen molar-refractivity contribution in [3.8, 4) is 0 Å². The first-order valence-electron chi connectivity index (χ1n) is 7.83. The maximum Gasteiger partial charge on any atom is 0.269 e. The summed E-state index contributed by atoms with van der Waals surface area (Å²) in [5.74, 6) is 0.230. The minimum atomic E-state index is -0.421. The van der Waals surface area contributed by atoms with Gasteiger partial charge in [-0.15, -0.1) is 0 Å². The van der Waals surface area contributed by atoms with Crippen LogP contribution >= 0.6 is 11.6 Å². The minimum absolute atomic E-state index is 0.0307. The Morgan fingerprint density at radius 2 is 2.09 bits per heavy atom. The van der Waals surface area contributed by atoms with Crippen molar-refractivity contribution in [1.29, 1.82) is 0 Å². The lowest BCUT2D eigenvalue weighted by molar-refractivity contribution is -0.384. The van der Waals surface area contributed by atoms with E-state index < -0.39 is 4.92 Å². The number of benzene rings is 1. The van der Waals surface area contributed by atoms with Crippen LogP contribution in [0, 0.1) is 16.0 Å². The van der Waals surface area contributed by atoms with E-state index in [2.05, 4.69) is 5.32 Å². The number of piperidine rings is 1. The number of likely N-dealkylation sites (tertiary alicyclic amines) is 1. The van der Waals surface area contributed by atoms with Crippen molar-refractivity contribution in [1.82, 2.24) is 10.2 Å². The monoisotopic (exact) mass is 339 g/mol. The highest BCUT2D eigenvalue weighted by atomic mass is 35.5. The maximum atomic E-state index is 12.0. The second-order valence-electron chi connectivity index (χ2n) is 6.17. The van der Waals surface area contributed by atoms with Gasteiger partial charge in [-0.2, -0.15) is 0 Å². The number of nitrogens with one attached hydrogen (secondary N) is 1. The summed E-state index contributed by atoms with van der Waals surface area (Å²) >= 11 is 6.10. The normalized spacial score (nSPS) is 15.9. The highest BCUT2D eigenvalue weighted by molar-refractivity contribution is 6.31. The largest absolute Gasteiger partial charge is 0.342 e. The minimum Gasteiger partial charge on any atom is -0.342 e. The Morgan fingerprint density at radius 1 is 1.43 bits per heavy atom. The summed E-state index contributed by atoms with van der Waals surface area (Å²) in [6.45, 7) is 5.81. The summed E-state index contributed by atoms with van der Waals surface area (Å²) in [6, 6.07) is 4.76. The summed E-state index contributed by atoms with van der Waals surface area (Å²) < 4.78 is 0. The van der Waals surface area contributed by atoms with E-state index in [9.17, 15) is 14.9 Å². The van der Waals surface area contributed by atoms with Gasteiger partial charge in [0.25, 0.3) is 5.69 Å². The topological polar surface area (TPSA) is 75.5 Å². The third-order valence-electron chi connectivity index (χ3n) is 4.12. The molecule has 0 aliphatic carbocycles. The summed E-state index contributed by atoms with van der Waals surface area (Å²) in [7, 11) is 0. The Morgan fingerprint density at radius 3 is 2.65 bits per heavy atom. The molecular weight excluding hydrogens is 318 g/mol. The van der Waals surface area contributed by atoms with Crippen LogP contribution in [-0.2, 0) is 11.3 Å². The summed E-state index contributed by atoms with van der Waals surface area (Å²) in [5.41, 5.74) is 0.769. The fraction of sp³-hybridized carbons (Fsp3) is 0.562. The molecule has 0 spiro atoms. The molecule has 1 saturated heterocycles. The Bertz CT molecular complexity index is 584. The van der Waals surface area contributed by atoms with E-state index in [1.807, 2.05) is 18.7 Å². The lowest BCUT2D eigenvalue weighted by Crippen LogP contribution is -2.46. The number of hydrogen-bond donors (Lipinski definition) is 1. The summed E-state index contributed by atoms with van der Waals surface area (Å²) in [4.78, 5) is 24.3. The molecule has 1 aromatic rings. The number of halogens is 1. The van der Waals surface area contributed by atoms with Gasteiger partial charge >= 0.3 is 0 Å². The van der Waals surface area contributed by atoms with Gasteiger partial charge in [-0.3, -0.25) is 14.9 Å². The SMILES string of the molecule is CC(C)C(=O)N1CCC(NCc2cc([N+](=O)[O-])ccc2Cl)CC1. The molecule has 1 fully saturated rings. The molecule has 1 aliphatic heterocycles. The lowest BCUT2D eigenvalue weighted by atomic mass is 10.0. The molecule has 0 unspecified atom stereocenters. The average molecular weight is 340 g/mol. The Hall–Kier alpha value is -1.66. The molecular formula is C16H22ClN3O3. The average Bonchev–Trinajstić information content (AvgIpc) is 2.53. The van der Waals surface area contributed by atoms with Crippen LogP contribution in [0.1, 0.15) is 32.3 Å². The van der Waals surface area contributed by atoms with Gasteiger partial charge in [-0.05, 0) is 24.5 Å². The van der Waals surface area contributed by atoms with Crippen LogP contribution < -0.4 is 5.32 Å². The number of nitro benzene ring substituents is 1. The van der Waals surface area contributed by atoms with Gasteiger partial charge < -0.3 is 10.2 Å². The van der Waals surface area contributed by atoms with Crippen molar-refractivity contribution in [3.05, 3.63) is 38.9 Å². The molecule has 1 aromatic carbocycles. The van der Waals surface area contributed by atoms with Gasteiger partial charge in [-0.1, -0.05) is 25.4 Å². The number of hydrogen-bond acceptors (Lipinski definition) is 4. The first-order chi connectivity index (χ1) is 10.9. The number of nitro groups is 1. The Balaban J connectivity index is 1.87. The number of rotatable bonds is 5. The number of carbonyl (C=O) groups is 1. The fourth-order valence-electron chi connectivity index (χ4n) is 2.73. The van der Waals surface area contributed by atoms with Crippen molar-refractivity contribution in [2.75, 3.05) is 13.1 Å². The van der Waals surface area contributed by atoms with Crippen molar-refractivity contribution in [2.24, 2.45) is 5.92 Å². The molecule has 0 radical (unpaired) electrons. The summed E-state index contributed by atoms with van der Waals surface area (Å²) in [5, 5.41) is 14.7. The Kier molecular flexibility index (Phi) is 5.96. The second-order valence-corrected chi connectivity index (χ2v) is 6.58. The van der Waals surface area contributed by atoms with Crippen LogP contribution in [0.15, 0.2) is 18.2 Å². The first-order valence-corrected chi connectivity index (χ1v) is 8.21. The first kappa shape index (κ1) is 17.7. The molecule has 1 N–H and O–H groups in total. The van der Waals surface area contributed by atoms with E-state index in [0.717, 1.165) is 31.5 Å². The maximum absolute atomic E-state index is 12.0. The van der Waals surface area contributed by atoms with Crippen LogP contribution in [0.5, 0.6) is 0 Å². The number of non-ortho nitro benzene ring substituents is 1. The molecule has 0 saturated carbocycles. The highest BCUT2D eigenvalue weighted by Crippen LogP contribution is 2.22. The predicted molar refractivity (Wildman–Crippen MR) is 89.4 cm³/mol. The van der Waals surface area contributed by atoms with E-state index in [4.69, 9.17) is 11.6 Å². The molecule has 126 valence electrons. The quantitative estimate of drug-likeness (QED) is 0.661. The van der Waals surface area contributed by atoms with Crippen LogP contribution in [0.3, 0.4) is 0 Å². The molecule has 0 atom stereocenters. The predicted octanol–water partition coefficient (Wildman–Crippen LogP) is 2.98.